The van der Waals surface area contributed by atoms with E-state index in [1.807, 2.05) is 0 Å². The topological polar surface area (TPSA) is 62.3 Å². The first-order valence-electron chi connectivity index (χ1n) is 7.89. The zero-order chi connectivity index (χ0) is 15.5. The van der Waals surface area contributed by atoms with Crippen molar-refractivity contribution in [1.29, 1.82) is 0 Å². The van der Waals surface area contributed by atoms with Crippen LogP contribution in [0.15, 0.2) is 6.20 Å². The first-order chi connectivity index (χ1) is 10.2. The van der Waals surface area contributed by atoms with E-state index in [4.69, 9.17) is 21.4 Å². The lowest BCUT2D eigenvalue weighted by atomic mass is 10.1. The second kappa shape index (κ2) is 10.6. The fourth-order valence-corrected chi connectivity index (χ4v) is 2.49. The lowest BCUT2D eigenvalue weighted by Gasteiger charge is -2.05. The highest BCUT2D eigenvalue weighted by Crippen LogP contribution is 2.28. The number of carboxylic acid groups (broad SMARTS) is 1. The van der Waals surface area contributed by atoms with E-state index in [9.17, 15) is 4.79 Å². The molecular weight excluding hydrogens is 290 g/mol. The summed E-state index contributed by atoms with van der Waals surface area (Å²) >= 11 is 5.91. The van der Waals surface area contributed by atoms with Crippen LogP contribution in [0.4, 0.5) is 0 Å². The van der Waals surface area contributed by atoms with Gasteiger partial charge in [0.25, 0.3) is 0 Å². The van der Waals surface area contributed by atoms with Crippen molar-refractivity contribution in [2.45, 2.75) is 64.7 Å². The van der Waals surface area contributed by atoms with Gasteiger partial charge in [-0.3, -0.25) is 0 Å². The molecule has 5 heteroatoms. The zero-order valence-electron chi connectivity index (χ0n) is 12.8. The Morgan fingerprint density at radius 1 is 1.14 bits per heavy atom. The average Bonchev–Trinajstić information content (AvgIpc) is 2.82. The van der Waals surface area contributed by atoms with E-state index in [2.05, 4.69) is 11.9 Å². The van der Waals surface area contributed by atoms with Gasteiger partial charge in [-0.1, -0.05) is 69.9 Å². The molecular formula is C16H26ClNO3. The summed E-state index contributed by atoms with van der Waals surface area (Å²) in [5.74, 6) is -0.647. The lowest BCUT2D eigenvalue weighted by molar-refractivity contribution is 0.0691. The second-order valence-corrected chi connectivity index (χ2v) is 5.70. The molecule has 0 aliphatic carbocycles. The molecule has 0 bridgehead atoms. The smallest absolute Gasteiger partial charge is 0.354 e. The molecule has 4 nitrogen and oxygen atoms in total. The van der Waals surface area contributed by atoms with Crippen LogP contribution < -0.4 is 4.74 Å². The first kappa shape index (κ1) is 17.9. The van der Waals surface area contributed by atoms with Crippen molar-refractivity contribution >= 4 is 17.6 Å². The highest BCUT2D eigenvalue weighted by atomic mass is 35.5. The molecule has 0 unspecified atom stereocenters. The molecule has 0 amide bonds. The van der Waals surface area contributed by atoms with Crippen LogP contribution in [0.3, 0.4) is 0 Å². The van der Waals surface area contributed by atoms with Gasteiger partial charge in [0.15, 0.2) is 5.75 Å². The maximum atomic E-state index is 10.8. The number of aromatic carboxylic acids is 1. The third-order valence-corrected chi connectivity index (χ3v) is 3.88. The Morgan fingerprint density at radius 2 is 1.71 bits per heavy atom. The van der Waals surface area contributed by atoms with Gasteiger partial charge in [-0.15, -0.1) is 0 Å². The predicted molar refractivity (Wildman–Crippen MR) is 85.5 cm³/mol. The molecule has 1 heterocycles. The number of carbonyl (C=O) groups is 1. The molecule has 1 aromatic heterocycles. The number of H-pyrrole nitrogens is 1. The van der Waals surface area contributed by atoms with Crippen molar-refractivity contribution in [3.63, 3.8) is 0 Å². The third-order valence-electron chi connectivity index (χ3n) is 3.50. The molecule has 1 rings (SSSR count). The maximum absolute atomic E-state index is 10.8. The number of ether oxygens (including phenoxy) is 1. The summed E-state index contributed by atoms with van der Waals surface area (Å²) in [6.45, 7) is 2.81. The minimum Gasteiger partial charge on any atom is -0.490 e. The van der Waals surface area contributed by atoms with Crippen LogP contribution in [-0.2, 0) is 0 Å². The number of nitrogens with one attached hydrogen (secondary N) is 1. The van der Waals surface area contributed by atoms with Crippen molar-refractivity contribution in [2.24, 2.45) is 0 Å². The van der Waals surface area contributed by atoms with Gasteiger partial charge in [-0.25, -0.2) is 4.79 Å². The van der Waals surface area contributed by atoms with Gasteiger partial charge < -0.3 is 14.8 Å². The Labute approximate surface area is 131 Å². The van der Waals surface area contributed by atoms with Crippen LogP contribution in [0.1, 0.15) is 75.2 Å². The van der Waals surface area contributed by atoms with Crippen molar-refractivity contribution in [3.8, 4) is 5.75 Å². The molecule has 0 radical (unpaired) electrons. The van der Waals surface area contributed by atoms with Gasteiger partial charge in [0.1, 0.15) is 10.7 Å². The first-order valence-corrected chi connectivity index (χ1v) is 8.27. The number of rotatable bonds is 12. The van der Waals surface area contributed by atoms with E-state index in [1.165, 1.54) is 51.1 Å². The Kier molecular flexibility index (Phi) is 8.99. The third kappa shape index (κ3) is 6.89. The van der Waals surface area contributed by atoms with Gasteiger partial charge in [0.2, 0.25) is 0 Å². The maximum Gasteiger partial charge on any atom is 0.354 e. The largest absolute Gasteiger partial charge is 0.490 e. The number of unbranched alkanes of at least 4 members (excludes halogenated alkanes) is 8. The number of aromatic amines is 1. The minimum absolute atomic E-state index is 0.0151. The molecule has 21 heavy (non-hydrogen) atoms. The van der Waals surface area contributed by atoms with Crippen molar-refractivity contribution in [3.05, 3.63) is 16.9 Å². The van der Waals surface area contributed by atoms with Crippen LogP contribution in [0.25, 0.3) is 0 Å². The monoisotopic (exact) mass is 315 g/mol. The molecule has 0 atom stereocenters. The molecule has 0 saturated heterocycles. The Bertz CT molecular complexity index is 418. The van der Waals surface area contributed by atoms with Gasteiger partial charge in [0, 0.05) is 6.20 Å². The van der Waals surface area contributed by atoms with E-state index in [0.29, 0.717) is 12.4 Å². The second-order valence-electron chi connectivity index (χ2n) is 5.32. The molecule has 0 aliphatic heterocycles. The number of hydrogen-bond acceptors (Lipinski definition) is 2. The van der Waals surface area contributed by atoms with Crippen LogP contribution in [-0.4, -0.2) is 22.7 Å². The van der Waals surface area contributed by atoms with Gasteiger partial charge in [0.05, 0.1) is 6.61 Å². The quantitative estimate of drug-likeness (QED) is 0.516. The fraction of sp³-hybridized carbons (Fsp3) is 0.688. The van der Waals surface area contributed by atoms with Crippen LogP contribution in [0, 0.1) is 0 Å². The summed E-state index contributed by atoms with van der Waals surface area (Å²) in [7, 11) is 0. The summed E-state index contributed by atoms with van der Waals surface area (Å²) in [5.41, 5.74) is -0.0151. The highest BCUT2D eigenvalue weighted by Gasteiger charge is 2.15. The number of carboxylic acids is 1. The molecule has 0 fully saturated rings. The molecule has 1 aromatic rings. The number of aromatic nitrogens is 1. The zero-order valence-corrected chi connectivity index (χ0v) is 13.5. The minimum atomic E-state index is -1.07. The predicted octanol–water partition coefficient (Wildman–Crippen LogP) is 5.28. The summed E-state index contributed by atoms with van der Waals surface area (Å²) in [4.78, 5) is 13.4. The Hall–Kier alpha value is -1.16. The summed E-state index contributed by atoms with van der Waals surface area (Å²) in [5, 5.41) is 9.01. The van der Waals surface area contributed by atoms with E-state index in [0.717, 1.165) is 12.8 Å². The molecule has 0 spiro atoms. The number of halogens is 1. The van der Waals surface area contributed by atoms with E-state index in [-0.39, 0.29) is 10.7 Å². The van der Waals surface area contributed by atoms with Crippen LogP contribution >= 0.6 is 11.6 Å². The van der Waals surface area contributed by atoms with Crippen LogP contribution in [0.2, 0.25) is 5.02 Å². The van der Waals surface area contributed by atoms with E-state index < -0.39 is 5.97 Å². The normalized spacial score (nSPS) is 10.8. The molecule has 120 valence electrons. The Morgan fingerprint density at radius 3 is 2.24 bits per heavy atom. The van der Waals surface area contributed by atoms with Crippen molar-refractivity contribution in [1.82, 2.24) is 4.98 Å². The lowest BCUT2D eigenvalue weighted by Crippen LogP contribution is -1.98. The summed E-state index contributed by atoms with van der Waals surface area (Å²) in [6, 6.07) is 0. The van der Waals surface area contributed by atoms with Crippen molar-refractivity contribution in [2.75, 3.05) is 6.61 Å². The SMILES string of the molecule is CCCCCCCCCCCOc1c[nH]c(C(=O)O)c1Cl. The van der Waals surface area contributed by atoms with E-state index >= 15 is 0 Å². The van der Waals surface area contributed by atoms with Crippen LogP contribution in [0.5, 0.6) is 5.75 Å². The van der Waals surface area contributed by atoms with Gasteiger partial charge >= 0.3 is 5.97 Å². The van der Waals surface area contributed by atoms with Crippen molar-refractivity contribution < 1.29 is 14.6 Å². The van der Waals surface area contributed by atoms with Gasteiger partial charge in [-0.05, 0) is 6.42 Å². The molecule has 2 N–H and O–H groups in total. The number of hydrogen-bond donors (Lipinski definition) is 2. The molecule has 0 saturated carbocycles. The standard InChI is InChI=1S/C16H26ClNO3/c1-2-3-4-5-6-7-8-9-10-11-21-13-12-18-15(14(13)17)16(19)20/h12,18H,2-11H2,1H3,(H,19,20). The van der Waals surface area contributed by atoms with E-state index in [1.54, 1.807) is 0 Å². The summed E-state index contributed by atoms with van der Waals surface area (Å²) < 4.78 is 5.50. The summed E-state index contributed by atoms with van der Waals surface area (Å²) in [6.07, 6.45) is 12.8. The average molecular weight is 316 g/mol. The molecule has 0 aromatic carbocycles. The Balaban J connectivity index is 2.03. The van der Waals surface area contributed by atoms with Gasteiger partial charge in [-0.2, -0.15) is 0 Å². The highest BCUT2D eigenvalue weighted by molar-refractivity contribution is 6.34. The molecule has 0 aliphatic rings. The fourth-order valence-electron chi connectivity index (χ4n) is 2.24.